The average Bonchev–Trinajstić information content (AvgIpc) is 2.98. The zero-order valence-corrected chi connectivity index (χ0v) is 8.72. The quantitative estimate of drug-likeness (QED) is 0.556. The number of hydrogen-bond donors (Lipinski definition) is 0. The van der Waals surface area contributed by atoms with Crippen molar-refractivity contribution in [3.05, 3.63) is 48.2 Å². The fourth-order valence-corrected chi connectivity index (χ4v) is 1.75. The second-order valence-corrected chi connectivity index (χ2v) is 3.85. The van der Waals surface area contributed by atoms with Gasteiger partial charge in [-0.1, -0.05) is 30.3 Å². The van der Waals surface area contributed by atoms with E-state index in [1.54, 1.807) is 0 Å². The lowest BCUT2D eigenvalue weighted by Crippen LogP contribution is -1.89. The second kappa shape index (κ2) is 4.30. The van der Waals surface area contributed by atoms with Crippen molar-refractivity contribution < 1.29 is 9.53 Å². The van der Waals surface area contributed by atoms with E-state index >= 15 is 0 Å². The summed E-state index contributed by atoms with van der Waals surface area (Å²) >= 11 is 0. The SMILES string of the molecule is CC(=O)O/C=C\[C@H]1C[C@@H]1c1ccccc1. The Labute approximate surface area is 89.6 Å². The van der Waals surface area contributed by atoms with Crippen molar-refractivity contribution in [2.24, 2.45) is 5.92 Å². The third kappa shape index (κ3) is 2.69. The van der Waals surface area contributed by atoms with Crippen LogP contribution in [0, 0.1) is 5.92 Å². The Morgan fingerprint density at radius 2 is 2.13 bits per heavy atom. The van der Waals surface area contributed by atoms with Gasteiger partial charge in [0.2, 0.25) is 0 Å². The maximum Gasteiger partial charge on any atom is 0.307 e. The van der Waals surface area contributed by atoms with Gasteiger partial charge in [0.1, 0.15) is 0 Å². The van der Waals surface area contributed by atoms with Gasteiger partial charge in [-0.2, -0.15) is 0 Å². The van der Waals surface area contributed by atoms with Crippen molar-refractivity contribution in [3.63, 3.8) is 0 Å². The molecule has 2 nitrogen and oxygen atoms in total. The van der Waals surface area contributed by atoms with Crippen LogP contribution in [0.5, 0.6) is 0 Å². The molecule has 15 heavy (non-hydrogen) atoms. The van der Waals surface area contributed by atoms with Crippen molar-refractivity contribution in [2.45, 2.75) is 19.3 Å². The molecule has 1 aliphatic carbocycles. The van der Waals surface area contributed by atoms with Gasteiger partial charge in [0.25, 0.3) is 0 Å². The third-order valence-electron chi connectivity index (χ3n) is 2.63. The molecule has 1 aromatic carbocycles. The van der Waals surface area contributed by atoms with E-state index in [2.05, 4.69) is 24.3 Å². The molecule has 0 aliphatic heterocycles. The number of ether oxygens (including phenoxy) is 1. The number of hydrogen-bond acceptors (Lipinski definition) is 2. The molecule has 1 saturated carbocycles. The molecule has 0 bridgehead atoms. The van der Waals surface area contributed by atoms with E-state index in [1.165, 1.54) is 18.7 Å². The molecule has 2 rings (SSSR count). The number of allylic oxidation sites excluding steroid dienone is 1. The largest absolute Gasteiger partial charge is 0.435 e. The van der Waals surface area contributed by atoms with Crippen LogP contribution in [0.15, 0.2) is 42.7 Å². The summed E-state index contributed by atoms with van der Waals surface area (Å²) in [5.41, 5.74) is 1.37. The van der Waals surface area contributed by atoms with E-state index < -0.39 is 0 Å². The van der Waals surface area contributed by atoms with E-state index in [1.807, 2.05) is 12.1 Å². The van der Waals surface area contributed by atoms with Gasteiger partial charge in [0.15, 0.2) is 0 Å². The lowest BCUT2D eigenvalue weighted by Gasteiger charge is -1.96. The molecule has 1 aliphatic rings. The number of rotatable bonds is 3. The number of carbonyl (C=O) groups is 1. The minimum Gasteiger partial charge on any atom is -0.435 e. The van der Waals surface area contributed by atoms with E-state index in [4.69, 9.17) is 4.74 Å². The first-order valence-corrected chi connectivity index (χ1v) is 5.16. The van der Waals surface area contributed by atoms with Gasteiger partial charge in [0, 0.05) is 6.92 Å². The summed E-state index contributed by atoms with van der Waals surface area (Å²) in [5.74, 6) is 0.882. The van der Waals surface area contributed by atoms with Crippen LogP contribution in [0.4, 0.5) is 0 Å². The lowest BCUT2D eigenvalue weighted by molar-refractivity contribution is -0.135. The number of esters is 1. The molecule has 0 N–H and O–H groups in total. The topological polar surface area (TPSA) is 26.3 Å². The molecule has 0 amide bonds. The molecule has 78 valence electrons. The van der Waals surface area contributed by atoms with Crippen LogP contribution in [0.2, 0.25) is 0 Å². The maximum atomic E-state index is 10.5. The fraction of sp³-hybridized carbons (Fsp3) is 0.308. The van der Waals surface area contributed by atoms with Gasteiger partial charge >= 0.3 is 5.97 Å². The summed E-state index contributed by atoms with van der Waals surface area (Å²) in [6.45, 7) is 1.41. The Kier molecular flexibility index (Phi) is 2.86. The Morgan fingerprint density at radius 1 is 1.40 bits per heavy atom. The Morgan fingerprint density at radius 3 is 2.80 bits per heavy atom. The lowest BCUT2D eigenvalue weighted by atomic mass is 10.1. The summed E-state index contributed by atoms with van der Waals surface area (Å²) in [6.07, 6.45) is 4.64. The van der Waals surface area contributed by atoms with Gasteiger partial charge < -0.3 is 4.74 Å². The highest BCUT2D eigenvalue weighted by molar-refractivity contribution is 5.66. The molecule has 0 unspecified atom stereocenters. The van der Waals surface area contributed by atoms with Crippen molar-refractivity contribution in [3.8, 4) is 0 Å². The number of benzene rings is 1. The first kappa shape index (κ1) is 9.97. The summed E-state index contributed by atoms with van der Waals surface area (Å²) < 4.78 is 4.76. The van der Waals surface area contributed by atoms with Crippen LogP contribution in [0.25, 0.3) is 0 Å². The van der Waals surface area contributed by atoms with Crippen molar-refractivity contribution in [1.82, 2.24) is 0 Å². The molecular formula is C13H14O2. The van der Waals surface area contributed by atoms with Crippen molar-refractivity contribution in [2.75, 3.05) is 0 Å². The molecule has 0 radical (unpaired) electrons. The molecule has 0 spiro atoms. The molecule has 0 aromatic heterocycles. The summed E-state index contributed by atoms with van der Waals surface area (Å²) in [7, 11) is 0. The highest BCUT2D eigenvalue weighted by Crippen LogP contribution is 2.48. The van der Waals surface area contributed by atoms with Crippen LogP contribution in [-0.4, -0.2) is 5.97 Å². The van der Waals surface area contributed by atoms with Crippen LogP contribution in [0.3, 0.4) is 0 Å². The molecule has 1 fully saturated rings. The van der Waals surface area contributed by atoms with Gasteiger partial charge in [-0.05, 0) is 29.9 Å². The van der Waals surface area contributed by atoms with Gasteiger partial charge in [-0.15, -0.1) is 0 Å². The third-order valence-corrected chi connectivity index (χ3v) is 2.63. The molecule has 0 saturated heterocycles. The molecule has 2 atom stereocenters. The predicted molar refractivity (Wildman–Crippen MR) is 58.2 cm³/mol. The first-order chi connectivity index (χ1) is 7.27. The average molecular weight is 202 g/mol. The van der Waals surface area contributed by atoms with Crippen LogP contribution >= 0.6 is 0 Å². The minimum absolute atomic E-state index is 0.261. The van der Waals surface area contributed by atoms with Crippen molar-refractivity contribution >= 4 is 5.97 Å². The van der Waals surface area contributed by atoms with E-state index in [0.29, 0.717) is 11.8 Å². The van der Waals surface area contributed by atoms with Crippen LogP contribution in [-0.2, 0) is 9.53 Å². The Balaban J connectivity index is 1.86. The summed E-state index contributed by atoms with van der Waals surface area (Å²) in [5, 5.41) is 0. The van der Waals surface area contributed by atoms with Crippen LogP contribution < -0.4 is 0 Å². The van der Waals surface area contributed by atoms with Gasteiger partial charge in [0.05, 0.1) is 6.26 Å². The highest BCUT2D eigenvalue weighted by Gasteiger charge is 2.35. The standard InChI is InChI=1S/C13H14O2/c1-10(14)15-8-7-12-9-13(12)11-5-3-2-4-6-11/h2-8,12-13H,9H2,1H3/b8-7-/t12-,13+/m0/s1. The smallest absolute Gasteiger partial charge is 0.307 e. The van der Waals surface area contributed by atoms with Gasteiger partial charge in [-0.3, -0.25) is 4.79 Å². The fourth-order valence-electron chi connectivity index (χ4n) is 1.75. The van der Waals surface area contributed by atoms with Crippen molar-refractivity contribution in [1.29, 1.82) is 0 Å². The van der Waals surface area contributed by atoms with Crippen LogP contribution in [0.1, 0.15) is 24.8 Å². The first-order valence-electron chi connectivity index (χ1n) is 5.16. The van der Waals surface area contributed by atoms with Gasteiger partial charge in [-0.25, -0.2) is 0 Å². The number of carbonyl (C=O) groups excluding carboxylic acids is 1. The van der Waals surface area contributed by atoms with E-state index in [0.717, 1.165) is 6.42 Å². The highest BCUT2D eigenvalue weighted by atomic mass is 16.5. The summed E-state index contributed by atoms with van der Waals surface area (Å²) in [6, 6.07) is 10.4. The Hall–Kier alpha value is -1.57. The minimum atomic E-state index is -0.261. The maximum absolute atomic E-state index is 10.5. The van der Waals surface area contributed by atoms with E-state index in [9.17, 15) is 4.79 Å². The Bertz CT molecular complexity index is 367. The van der Waals surface area contributed by atoms with E-state index in [-0.39, 0.29) is 5.97 Å². The predicted octanol–water partition coefficient (Wildman–Crippen LogP) is 2.87. The summed E-state index contributed by atoms with van der Waals surface area (Å²) in [4.78, 5) is 10.5. The zero-order valence-electron chi connectivity index (χ0n) is 8.72. The normalized spacial score (nSPS) is 24.1. The monoisotopic (exact) mass is 202 g/mol. The molecule has 0 heterocycles. The molecule has 1 aromatic rings. The molecular weight excluding hydrogens is 188 g/mol. The molecule has 2 heteroatoms. The second-order valence-electron chi connectivity index (χ2n) is 3.85. The zero-order chi connectivity index (χ0) is 10.7.